The van der Waals surface area contributed by atoms with Crippen molar-refractivity contribution in [3.05, 3.63) is 29.6 Å². The Morgan fingerprint density at radius 1 is 1.47 bits per heavy atom. The van der Waals surface area contributed by atoms with E-state index in [0.717, 1.165) is 5.56 Å². The summed E-state index contributed by atoms with van der Waals surface area (Å²) < 4.78 is 43.2. The molecule has 15 heavy (non-hydrogen) atoms. The molecule has 4 heteroatoms. The first-order chi connectivity index (χ1) is 6.99. The predicted octanol–water partition coefficient (Wildman–Crippen LogP) is 3.17. The van der Waals surface area contributed by atoms with Crippen molar-refractivity contribution >= 4 is 0 Å². The van der Waals surface area contributed by atoms with Gasteiger partial charge >= 0.3 is 0 Å². The van der Waals surface area contributed by atoms with Crippen molar-refractivity contribution in [3.63, 3.8) is 0 Å². The molecule has 0 saturated heterocycles. The molecule has 1 unspecified atom stereocenters. The monoisotopic (exact) mass is 216 g/mol. The summed E-state index contributed by atoms with van der Waals surface area (Å²) in [6.45, 7) is 1.67. The lowest BCUT2D eigenvalue weighted by Crippen LogP contribution is -2.06. The van der Waals surface area contributed by atoms with Crippen molar-refractivity contribution in [1.82, 2.24) is 0 Å². The van der Waals surface area contributed by atoms with Crippen LogP contribution in [0.1, 0.15) is 12.0 Å². The third kappa shape index (κ3) is 2.25. The van der Waals surface area contributed by atoms with Gasteiger partial charge in [0.05, 0.1) is 12.5 Å². The Hall–Kier alpha value is -1.19. The molecule has 2 rings (SSSR count). The summed E-state index contributed by atoms with van der Waals surface area (Å²) >= 11 is 0. The quantitative estimate of drug-likeness (QED) is 0.754. The molecule has 1 aliphatic carbocycles. The van der Waals surface area contributed by atoms with Gasteiger partial charge in [-0.05, 0) is 24.6 Å². The summed E-state index contributed by atoms with van der Waals surface area (Å²) in [5, 5.41) is 0. The van der Waals surface area contributed by atoms with Crippen molar-refractivity contribution in [2.75, 3.05) is 6.61 Å². The molecule has 82 valence electrons. The molecule has 0 spiro atoms. The number of ether oxygens (including phenoxy) is 1. The Bertz CT molecular complexity index is 376. The first kappa shape index (κ1) is 10.3. The average Bonchev–Trinajstić information content (AvgIpc) is 2.76. The number of halogens is 3. The highest BCUT2D eigenvalue weighted by Gasteiger charge is 2.57. The second kappa shape index (κ2) is 3.43. The van der Waals surface area contributed by atoms with Crippen LogP contribution >= 0.6 is 0 Å². The smallest absolute Gasteiger partial charge is 0.255 e. The topological polar surface area (TPSA) is 9.23 Å². The van der Waals surface area contributed by atoms with Crippen LogP contribution in [-0.4, -0.2) is 12.5 Å². The highest BCUT2D eigenvalue weighted by molar-refractivity contribution is 5.29. The largest absolute Gasteiger partial charge is 0.490 e. The molecule has 0 heterocycles. The van der Waals surface area contributed by atoms with E-state index >= 15 is 0 Å². The van der Waals surface area contributed by atoms with E-state index in [1.807, 2.05) is 0 Å². The minimum Gasteiger partial charge on any atom is -0.490 e. The molecule has 0 bridgehead atoms. The maximum absolute atomic E-state index is 13.1. The summed E-state index contributed by atoms with van der Waals surface area (Å²) in [5.74, 6) is -3.82. The Kier molecular flexibility index (Phi) is 2.37. The lowest BCUT2D eigenvalue weighted by molar-refractivity contribution is 0.0850. The molecule has 0 radical (unpaired) electrons. The van der Waals surface area contributed by atoms with Crippen LogP contribution in [-0.2, 0) is 0 Å². The van der Waals surface area contributed by atoms with Crippen LogP contribution in [0, 0.1) is 18.7 Å². The maximum atomic E-state index is 13.1. The van der Waals surface area contributed by atoms with Gasteiger partial charge in [-0.2, -0.15) is 0 Å². The van der Waals surface area contributed by atoms with Gasteiger partial charge in [0.15, 0.2) is 11.6 Å². The van der Waals surface area contributed by atoms with E-state index in [1.165, 1.54) is 12.1 Å². The summed E-state index contributed by atoms with van der Waals surface area (Å²) in [4.78, 5) is 0. The second-order valence-corrected chi connectivity index (χ2v) is 3.91. The van der Waals surface area contributed by atoms with Gasteiger partial charge in [0.2, 0.25) is 0 Å². The molecule has 0 aliphatic heterocycles. The van der Waals surface area contributed by atoms with Crippen molar-refractivity contribution in [2.24, 2.45) is 5.92 Å². The Morgan fingerprint density at radius 3 is 2.73 bits per heavy atom. The van der Waals surface area contributed by atoms with Gasteiger partial charge in [-0.15, -0.1) is 0 Å². The molecule has 1 nitrogen and oxygen atoms in total. The minimum atomic E-state index is -2.61. The number of benzene rings is 1. The van der Waals surface area contributed by atoms with Gasteiger partial charge in [-0.25, -0.2) is 13.2 Å². The molecule has 1 aromatic rings. The first-order valence-electron chi connectivity index (χ1n) is 4.76. The van der Waals surface area contributed by atoms with Crippen LogP contribution < -0.4 is 4.74 Å². The van der Waals surface area contributed by atoms with Crippen molar-refractivity contribution in [3.8, 4) is 5.75 Å². The van der Waals surface area contributed by atoms with Crippen LogP contribution in [0.4, 0.5) is 13.2 Å². The third-order valence-corrected chi connectivity index (χ3v) is 2.48. The molecular formula is C11H11F3O. The fraction of sp³-hybridized carbons (Fsp3) is 0.455. The van der Waals surface area contributed by atoms with E-state index < -0.39 is 17.7 Å². The van der Waals surface area contributed by atoms with Gasteiger partial charge in [0.25, 0.3) is 5.92 Å². The number of rotatable bonds is 3. The Balaban J connectivity index is 1.96. The van der Waals surface area contributed by atoms with E-state index in [9.17, 15) is 13.2 Å². The van der Waals surface area contributed by atoms with E-state index in [4.69, 9.17) is 4.74 Å². The predicted molar refractivity (Wildman–Crippen MR) is 49.7 cm³/mol. The zero-order valence-corrected chi connectivity index (χ0v) is 8.27. The molecule has 0 N–H and O–H groups in total. The molecule has 1 atom stereocenters. The van der Waals surface area contributed by atoms with Crippen LogP contribution in [0.25, 0.3) is 0 Å². The summed E-state index contributed by atoms with van der Waals surface area (Å²) in [7, 11) is 0. The second-order valence-electron chi connectivity index (χ2n) is 3.91. The SMILES string of the molecule is Cc1ccc(F)c(OCC2CC2(F)F)c1. The fourth-order valence-corrected chi connectivity index (χ4v) is 1.36. The van der Waals surface area contributed by atoms with E-state index in [0.29, 0.717) is 0 Å². The van der Waals surface area contributed by atoms with E-state index in [1.54, 1.807) is 13.0 Å². The summed E-state index contributed by atoms with van der Waals surface area (Å²) in [6.07, 6.45) is -0.152. The van der Waals surface area contributed by atoms with Crippen LogP contribution in [0.5, 0.6) is 5.75 Å². The lowest BCUT2D eigenvalue weighted by atomic mass is 10.2. The van der Waals surface area contributed by atoms with E-state index in [-0.39, 0.29) is 18.8 Å². The fourth-order valence-electron chi connectivity index (χ4n) is 1.36. The molecule has 0 aromatic heterocycles. The molecular weight excluding hydrogens is 205 g/mol. The molecule has 1 saturated carbocycles. The maximum Gasteiger partial charge on any atom is 0.255 e. The highest BCUT2D eigenvalue weighted by Crippen LogP contribution is 2.48. The van der Waals surface area contributed by atoms with Crippen LogP contribution in [0.2, 0.25) is 0 Å². The zero-order chi connectivity index (χ0) is 11.1. The summed E-state index contributed by atoms with van der Waals surface area (Å²) in [5.41, 5.74) is 0.842. The highest BCUT2D eigenvalue weighted by atomic mass is 19.3. The molecule has 1 aromatic carbocycles. The zero-order valence-electron chi connectivity index (χ0n) is 8.27. The van der Waals surface area contributed by atoms with Gasteiger partial charge in [0, 0.05) is 6.42 Å². The van der Waals surface area contributed by atoms with Gasteiger partial charge in [-0.3, -0.25) is 0 Å². The van der Waals surface area contributed by atoms with Gasteiger partial charge in [0.1, 0.15) is 0 Å². The van der Waals surface area contributed by atoms with Gasteiger partial charge < -0.3 is 4.74 Å². The number of hydrogen-bond donors (Lipinski definition) is 0. The minimum absolute atomic E-state index is 0.0534. The number of alkyl halides is 2. The Morgan fingerprint density at radius 2 is 2.13 bits per heavy atom. The number of aryl methyl sites for hydroxylation is 1. The molecule has 0 amide bonds. The standard InChI is InChI=1S/C11H11F3O/c1-7-2-3-9(12)10(4-7)15-6-8-5-11(8,13)14/h2-4,8H,5-6H2,1H3. The van der Waals surface area contributed by atoms with Crippen LogP contribution in [0.3, 0.4) is 0 Å². The van der Waals surface area contributed by atoms with Crippen LogP contribution in [0.15, 0.2) is 18.2 Å². The lowest BCUT2D eigenvalue weighted by Gasteiger charge is -2.07. The van der Waals surface area contributed by atoms with E-state index in [2.05, 4.69) is 0 Å². The average molecular weight is 216 g/mol. The molecule has 1 fully saturated rings. The number of hydrogen-bond acceptors (Lipinski definition) is 1. The van der Waals surface area contributed by atoms with Crippen molar-refractivity contribution < 1.29 is 17.9 Å². The summed E-state index contributed by atoms with van der Waals surface area (Å²) in [6, 6.07) is 4.39. The Labute approximate surface area is 85.9 Å². The van der Waals surface area contributed by atoms with Gasteiger partial charge in [-0.1, -0.05) is 6.07 Å². The van der Waals surface area contributed by atoms with Crippen molar-refractivity contribution in [2.45, 2.75) is 19.3 Å². The normalized spacial score (nSPS) is 22.5. The molecule has 1 aliphatic rings. The van der Waals surface area contributed by atoms with Crippen molar-refractivity contribution in [1.29, 1.82) is 0 Å². The first-order valence-corrected chi connectivity index (χ1v) is 4.76. The third-order valence-electron chi connectivity index (χ3n) is 2.48.